The molecule has 3 nitrogen and oxygen atoms in total. The van der Waals surface area contributed by atoms with Crippen LogP contribution < -0.4 is 0 Å². The van der Waals surface area contributed by atoms with Crippen molar-refractivity contribution >= 4 is 5.78 Å². The zero-order valence-electron chi connectivity index (χ0n) is 15.1. The lowest BCUT2D eigenvalue weighted by atomic mass is 9.84. The fraction of sp³-hybridized carbons (Fsp3) is 0.304. The third-order valence-electron chi connectivity index (χ3n) is 5.37. The van der Waals surface area contributed by atoms with Gasteiger partial charge in [-0.1, -0.05) is 73.0 Å². The monoisotopic (exact) mass is 345 g/mol. The van der Waals surface area contributed by atoms with Crippen molar-refractivity contribution in [3.8, 4) is 22.6 Å². The van der Waals surface area contributed by atoms with Crippen LogP contribution in [0.5, 0.6) is 0 Å². The quantitative estimate of drug-likeness (QED) is 0.524. The Morgan fingerprint density at radius 3 is 2.23 bits per heavy atom. The Bertz CT molecular complexity index is 885. The van der Waals surface area contributed by atoms with E-state index < -0.39 is 0 Å². The topological polar surface area (TPSA) is 43.1 Å². The molecular formula is C23H23NO2. The molecule has 1 aliphatic rings. The number of carbonyl (C=O) groups is 1. The van der Waals surface area contributed by atoms with E-state index in [9.17, 15) is 4.79 Å². The van der Waals surface area contributed by atoms with Crippen LogP contribution in [0.4, 0.5) is 0 Å². The molecule has 3 heteroatoms. The lowest BCUT2D eigenvalue weighted by Crippen LogP contribution is -2.04. The summed E-state index contributed by atoms with van der Waals surface area (Å²) in [5.74, 6) is 1.55. The first kappa shape index (κ1) is 16.8. The fourth-order valence-electron chi connectivity index (χ4n) is 3.78. The first-order chi connectivity index (χ1) is 12.7. The minimum Gasteiger partial charge on any atom is -0.356 e. The van der Waals surface area contributed by atoms with Gasteiger partial charge in [0, 0.05) is 22.8 Å². The van der Waals surface area contributed by atoms with E-state index in [0.29, 0.717) is 11.5 Å². The number of ketones is 1. The zero-order chi connectivity index (χ0) is 17.9. The zero-order valence-corrected chi connectivity index (χ0v) is 15.1. The van der Waals surface area contributed by atoms with Crippen LogP contribution in [0.15, 0.2) is 59.1 Å². The number of hydrogen-bond donors (Lipinski definition) is 0. The summed E-state index contributed by atoms with van der Waals surface area (Å²) in [4.78, 5) is 11.4. The summed E-state index contributed by atoms with van der Waals surface area (Å²) < 4.78 is 5.55. The molecule has 0 spiro atoms. The smallest absolute Gasteiger partial charge is 0.167 e. The van der Waals surface area contributed by atoms with Crippen LogP contribution in [0, 0.1) is 0 Å². The molecule has 26 heavy (non-hydrogen) atoms. The van der Waals surface area contributed by atoms with E-state index in [1.54, 1.807) is 6.92 Å². The number of Topliss-reactive ketones (excluding diaryl/α,β-unsaturated/α-hetero) is 1. The Balaban J connectivity index is 1.53. The summed E-state index contributed by atoms with van der Waals surface area (Å²) >= 11 is 0. The summed E-state index contributed by atoms with van der Waals surface area (Å²) in [5, 5.41) is 4.19. The van der Waals surface area contributed by atoms with E-state index in [1.165, 1.54) is 37.7 Å². The molecule has 4 rings (SSSR count). The van der Waals surface area contributed by atoms with Crippen molar-refractivity contribution < 1.29 is 9.32 Å². The maximum absolute atomic E-state index is 11.4. The highest BCUT2D eigenvalue weighted by Gasteiger charge is 2.16. The van der Waals surface area contributed by atoms with Crippen LogP contribution in [0.1, 0.15) is 60.9 Å². The summed E-state index contributed by atoms with van der Waals surface area (Å²) in [5.41, 5.74) is 4.92. The molecule has 0 atom stereocenters. The van der Waals surface area contributed by atoms with Gasteiger partial charge in [-0.15, -0.1) is 0 Å². The number of hydrogen-bond acceptors (Lipinski definition) is 3. The van der Waals surface area contributed by atoms with E-state index in [4.69, 9.17) is 4.52 Å². The normalized spacial score (nSPS) is 15.1. The van der Waals surface area contributed by atoms with Gasteiger partial charge in [0.05, 0.1) is 0 Å². The molecule has 0 bridgehead atoms. The molecule has 3 aromatic rings. The van der Waals surface area contributed by atoms with Crippen LogP contribution >= 0.6 is 0 Å². The second-order valence-electron chi connectivity index (χ2n) is 7.17. The Labute approximate surface area is 154 Å². The van der Waals surface area contributed by atoms with E-state index >= 15 is 0 Å². The van der Waals surface area contributed by atoms with Crippen molar-refractivity contribution in [2.75, 3.05) is 0 Å². The van der Waals surface area contributed by atoms with Crippen LogP contribution in [-0.2, 0) is 0 Å². The van der Waals surface area contributed by atoms with Gasteiger partial charge in [-0.3, -0.25) is 4.79 Å². The molecule has 0 unspecified atom stereocenters. The predicted octanol–water partition coefficient (Wildman–Crippen LogP) is 6.26. The van der Waals surface area contributed by atoms with E-state index in [1.807, 2.05) is 30.3 Å². The molecule has 2 aromatic carbocycles. The number of nitrogens with zero attached hydrogens (tertiary/aromatic N) is 1. The summed E-state index contributed by atoms with van der Waals surface area (Å²) in [7, 11) is 0. The molecule has 0 saturated heterocycles. The third kappa shape index (κ3) is 3.48. The van der Waals surface area contributed by atoms with Gasteiger partial charge in [0.2, 0.25) is 0 Å². The maximum Gasteiger partial charge on any atom is 0.167 e. The van der Waals surface area contributed by atoms with Gasteiger partial charge >= 0.3 is 0 Å². The second kappa shape index (κ2) is 7.28. The van der Waals surface area contributed by atoms with Gasteiger partial charge in [0.1, 0.15) is 5.69 Å². The average molecular weight is 345 g/mol. The molecule has 1 aromatic heterocycles. The highest BCUT2D eigenvalue weighted by atomic mass is 16.5. The highest BCUT2D eigenvalue weighted by molar-refractivity contribution is 5.94. The van der Waals surface area contributed by atoms with Crippen molar-refractivity contribution in [1.29, 1.82) is 0 Å². The summed E-state index contributed by atoms with van der Waals surface area (Å²) in [6, 6.07) is 18.1. The predicted molar refractivity (Wildman–Crippen MR) is 103 cm³/mol. The summed E-state index contributed by atoms with van der Waals surface area (Å²) in [6.45, 7) is 1.57. The number of benzene rings is 2. The lowest BCUT2D eigenvalue weighted by molar-refractivity contribution is 0.101. The molecule has 0 aliphatic heterocycles. The number of aromatic nitrogens is 1. The van der Waals surface area contributed by atoms with E-state index in [-0.39, 0.29) is 5.78 Å². The minimum atomic E-state index is 0.0652. The number of rotatable bonds is 4. The molecule has 1 aliphatic carbocycles. The first-order valence-corrected chi connectivity index (χ1v) is 9.39. The van der Waals surface area contributed by atoms with Gasteiger partial charge in [0.25, 0.3) is 0 Å². The van der Waals surface area contributed by atoms with Crippen LogP contribution in [0.2, 0.25) is 0 Å². The van der Waals surface area contributed by atoms with E-state index in [0.717, 1.165) is 22.6 Å². The van der Waals surface area contributed by atoms with Gasteiger partial charge in [-0.2, -0.15) is 0 Å². The molecular weight excluding hydrogens is 322 g/mol. The first-order valence-electron chi connectivity index (χ1n) is 9.39. The van der Waals surface area contributed by atoms with Crippen molar-refractivity contribution in [3.63, 3.8) is 0 Å². The number of carbonyl (C=O) groups excluding carboxylic acids is 1. The Kier molecular flexibility index (Phi) is 4.70. The molecule has 1 saturated carbocycles. The maximum atomic E-state index is 11.4. The molecule has 0 N–H and O–H groups in total. The van der Waals surface area contributed by atoms with Crippen molar-refractivity contribution in [3.05, 3.63) is 65.7 Å². The van der Waals surface area contributed by atoms with Crippen molar-refractivity contribution in [1.82, 2.24) is 5.16 Å². The average Bonchev–Trinajstić information content (AvgIpc) is 3.19. The highest BCUT2D eigenvalue weighted by Crippen LogP contribution is 2.34. The van der Waals surface area contributed by atoms with Crippen LogP contribution in [0.25, 0.3) is 22.6 Å². The molecule has 0 amide bonds. The van der Waals surface area contributed by atoms with Gasteiger partial charge < -0.3 is 4.52 Å². The minimum absolute atomic E-state index is 0.0652. The van der Waals surface area contributed by atoms with Crippen molar-refractivity contribution in [2.24, 2.45) is 0 Å². The molecule has 1 fully saturated rings. The van der Waals surface area contributed by atoms with Crippen LogP contribution in [0.3, 0.4) is 0 Å². The Morgan fingerprint density at radius 1 is 0.923 bits per heavy atom. The van der Waals surface area contributed by atoms with Crippen molar-refractivity contribution in [2.45, 2.75) is 44.9 Å². The van der Waals surface area contributed by atoms with Gasteiger partial charge in [0.15, 0.2) is 11.5 Å². The van der Waals surface area contributed by atoms with E-state index in [2.05, 4.69) is 29.4 Å². The standard InChI is InChI=1S/C23H23NO2/c1-16(25)17-7-11-20(12-8-17)22-15-23(26-24-22)21-13-9-19(10-14-21)18-5-3-2-4-6-18/h7-15,18H,2-6H2,1H3. The SMILES string of the molecule is CC(=O)c1ccc(-c2cc(-c3ccc(C4CCCCC4)cc3)on2)cc1. The molecule has 132 valence electrons. The Morgan fingerprint density at radius 2 is 1.58 bits per heavy atom. The summed E-state index contributed by atoms with van der Waals surface area (Å²) in [6.07, 6.45) is 6.69. The third-order valence-corrected chi connectivity index (χ3v) is 5.37. The van der Waals surface area contributed by atoms with Crippen LogP contribution in [-0.4, -0.2) is 10.9 Å². The largest absolute Gasteiger partial charge is 0.356 e. The lowest BCUT2D eigenvalue weighted by Gasteiger charge is -2.21. The van der Waals surface area contributed by atoms with Gasteiger partial charge in [-0.05, 0) is 31.2 Å². The second-order valence-corrected chi connectivity index (χ2v) is 7.17. The molecule has 0 radical (unpaired) electrons. The molecule has 1 heterocycles. The van der Waals surface area contributed by atoms with Gasteiger partial charge in [-0.25, -0.2) is 0 Å². The fourth-order valence-corrected chi connectivity index (χ4v) is 3.78. The Hall–Kier alpha value is -2.68.